The van der Waals surface area contributed by atoms with Crippen LogP contribution in [0, 0.1) is 19.7 Å². The zero-order chi connectivity index (χ0) is 22.4. The van der Waals surface area contributed by atoms with Crippen LogP contribution in [0.15, 0.2) is 47.6 Å². The molecule has 3 aromatic rings. The van der Waals surface area contributed by atoms with Crippen LogP contribution in [0.25, 0.3) is 0 Å². The van der Waals surface area contributed by atoms with Crippen LogP contribution in [-0.4, -0.2) is 32.3 Å². The molecule has 0 fully saturated rings. The Kier molecular flexibility index (Phi) is 7.41. The number of halogens is 1. The van der Waals surface area contributed by atoms with Gasteiger partial charge in [0, 0.05) is 12.2 Å². The van der Waals surface area contributed by atoms with Crippen molar-refractivity contribution in [1.29, 1.82) is 0 Å². The van der Waals surface area contributed by atoms with E-state index in [1.54, 1.807) is 16.7 Å². The SMILES string of the molecule is CCn1c(CC(=O)Nc2ccccc2F)nnc1SCC(=O)Nc1ccc(C)c(C)c1. The van der Waals surface area contributed by atoms with E-state index in [4.69, 9.17) is 0 Å². The lowest BCUT2D eigenvalue weighted by Gasteiger charge is -2.09. The van der Waals surface area contributed by atoms with Crippen LogP contribution in [0.1, 0.15) is 23.9 Å². The average Bonchev–Trinajstić information content (AvgIpc) is 3.12. The highest BCUT2D eigenvalue weighted by molar-refractivity contribution is 7.99. The van der Waals surface area contributed by atoms with Crippen molar-refractivity contribution in [2.45, 2.75) is 38.9 Å². The van der Waals surface area contributed by atoms with Gasteiger partial charge in [0.05, 0.1) is 17.9 Å². The number of benzene rings is 2. The molecule has 0 aliphatic rings. The number of rotatable bonds is 8. The van der Waals surface area contributed by atoms with Crippen molar-refractivity contribution in [3.8, 4) is 0 Å². The summed E-state index contributed by atoms with van der Waals surface area (Å²) >= 11 is 1.25. The van der Waals surface area contributed by atoms with Gasteiger partial charge in [-0.1, -0.05) is 30.0 Å². The predicted octanol–water partition coefficient (Wildman–Crippen LogP) is 3.97. The molecule has 0 saturated heterocycles. The van der Waals surface area contributed by atoms with Crippen molar-refractivity contribution in [2.75, 3.05) is 16.4 Å². The van der Waals surface area contributed by atoms with Gasteiger partial charge >= 0.3 is 0 Å². The van der Waals surface area contributed by atoms with Gasteiger partial charge in [0.2, 0.25) is 11.8 Å². The molecule has 3 rings (SSSR count). The Bertz CT molecular complexity index is 1100. The van der Waals surface area contributed by atoms with Gasteiger partial charge in [-0.05, 0) is 56.2 Å². The van der Waals surface area contributed by atoms with E-state index in [0.29, 0.717) is 17.5 Å². The van der Waals surface area contributed by atoms with E-state index in [2.05, 4.69) is 20.8 Å². The monoisotopic (exact) mass is 441 g/mol. The topological polar surface area (TPSA) is 88.9 Å². The fourth-order valence-electron chi connectivity index (χ4n) is 2.92. The van der Waals surface area contributed by atoms with Crippen molar-refractivity contribution in [3.63, 3.8) is 0 Å². The number of hydrogen-bond acceptors (Lipinski definition) is 5. The van der Waals surface area contributed by atoms with Crippen LogP contribution in [0.2, 0.25) is 0 Å². The molecule has 2 N–H and O–H groups in total. The summed E-state index contributed by atoms with van der Waals surface area (Å²) in [6, 6.07) is 11.7. The van der Waals surface area contributed by atoms with Crippen LogP contribution in [0.5, 0.6) is 0 Å². The maximum absolute atomic E-state index is 13.7. The van der Waals surface area contributed by atoms with E-state index in [0.717, 1.165) is 16.8 Å². The molecule has 1 heterocycles. The maximum atomic E-state index is 13.7. The molecule has 0 bridgehead atoms. The number of aromatic nitrogens is 3. The zero-order valence-electron chi connectivity index (χ0n) is 17.6. The van der Waals surface area contributed by atoms with Crippen LogP contribution >= 0.6 is 11.8 Å². The minimum Gasteiger partial charge on any atom is -0.325 e. The van der Waals surface area contributed by atoms with Crippen LogP contribution in [0.3, 0.4) is 0 Å². The van der Waals surface area contributed by atoms with E-state index in [-0.39, 0.29) is 23.8 Å². The molecule has 31 heavy (non-hydrogen) atoms. The number of carbonyl (C=O) groups excluding carboxylic acids is 2. The minimum absolute atomic E-state index is 0.0510. The Morgan fingerprint density at radius 2 is 1.81 bits per heavy atom. The van der Waals surface area contributed by atoms with Gasteiger partial charge in [-0.25, -0.2) is 4.39 Å². The first-order chi connectivity index (χ1) is 14.9. The first-order valence-electron chi connectivity index (χ1n) is 9.83. The Labute approximate surface area is 184 Å². The molecule has 2 aromatic carbocycles. The van der Waals surface area contributed by atoms with Gasteiger partial charge in [0.25, 0.3) is 0 Å². The highest BCUT2D eigenvalue weighted by Crippen LogP contribution is 2.20. The van der Waals surface area contributed by atoms with Crippen molar-refractivity contribution in [3.05, 3.63) is 65.2 Å². The molecule has 0 aliphatic heterocycles. The molecule has 0 spiro atoms. The highest BCUT2D eigenvalue weighted by atomic mass is 32.2. The third-order valence-corrected chi connectivity index (χ3v) is 5.67. The molecule has 162 valence electrons. The number of carbonyl (C=O) groups is 2. The van der Waals surface area contributed by atoms with E-state index in [1.807, 2.05) is 39.0 Å². The largest absolute Gasteiger partial charge is 0.325 e. The van der Waals surface area contributed by atoms with Crippen LogP contribution in [0.4, 0.5) is 15.8 Å². The molecule has 1 aromatic heterocycles. The Hall–Kier alpha value is -3.20. The molecular weight excluding hydrogens is 417 g/mol. The fraction of sp³-hybridized carbons (Fsp3) is 0.273. The first kappa shape index (κ1) is 22.5. The highest BCUT2D eigenvalue weighted by Gasteiger charge is 2.17. The predicted molar refractivity (Wildman–Crippen MR) is 120 cm³/mol. The standard InChI is InChI=1S/C22H24FN5O2S/c1-4-28-19(12-20(29)25-18-8-6-5-7-17(18)23)26-27-22(28)31-13-21(30)24-16-10-9-14(2)15(3)11-16/h5-11H,4,12-13H2,1-3H3,(H,24,30)(H,25,29). The number of thioether (sulfide) groups is 1. The van der Waals surface area contributed by atoms with E-state index >= 15 is 0 Å². The Balaban J connectivity index is 1.59. The normalized spacial score (nSPS) is 10.7. The van der Waals surface area contributed by atoms with Crippen molar-refractivity contribution in [2.24, 2.45) is 0 Å². The third-order valence-electron chi connectivity index (χ3n) is 4.70. The molecule has 9 heteroatoms. The lowest BCUT2D eigenvalue weighted by atomic mass is 10.1. The second-order valence-corrected chi connectivity index (χ2v) is 7.93. The zero-order valence-corrected chi connectivity index (χ0v) is 18.4. The number of nitrogens with one attached hydrogen (secondary N) is 2. The molecule has 7 nitrogen and oxygen atoms in total. The molecule has 0 unspecified atom stereocenters. The van der Waals surface area contributed by atoms with Gasteiger partial charge in [-0.3, -0.25) is 9.59 Å². The van der Waals surface area contributed by atoms with Crippen molar-refractivity contribution in [1.82, 2.24) is 14.8 Å². The summed E-state index contributed by atoms with van der Waals surface area (Å²) in [5.41, 5.74) is 3.13. The summed E-state index contributed by atoms with van der Waals surface area (Å²) in [4.78, 5) is 24.6. The maximum Gasteiger partial charge on any atom is 0.234 e. The van der Waals surface area contributed by atoms with Gasteiger partial charge in [-0.15, -0.1) is 10.2 Å². The number of para-hydroxylation sites is 1. The average molecular weight is 442 g/mol. The summed E-state index contributed by atoms with van der Waals surface area (Å²) in [5, 5.41) is 14.2. The summed E-state index contributed by atoms with van der Waals surface area (Å²) in [7, 11) is 0. The van der Waals surface area contributed by atoms with E-state index in [9.17, 15) is 14.0 Å². The summed E-state index contributed by atoms with van der Waals surface area (Å²) in [6.07, 6.45) is -0.0510. The lowest BCUT2D eigenvalue weighted by Crippen LogP contribution is -2.18. The second-order valence-electron chi connectivity index (χ2n) is 6.98. The minimum atomic E-state index is -0.501. The summed E-state index contributed by atoms with van der Waals surface area (Å²) < 4.78 is 15.5. The number of hydrogen-bond donors (Lipinski definition) is 2. The fourth-order valence-corrected chi connectivity index (χ4v) is 3.74. The van der Waals surface area contributed by atoms with Crippen LogP contribution in [-0.2, 0) is 22.6 Å². The van der Waals surface area contributed by atoms with Crippen molar-refractivity contribution < 1.29 is 14.0 Å². The van der Waals surface area contributed by atoms with Gasteiger partial charge in [-0.2, -0.15) is 0 Å². The molecule has 0 saturated carbocycles. The smallest absolute Gasteiger partial charge is 0.234 e. The number of nitrogens with zero attached hydrogens (tertiary/aromatic N) is 3. The first-order valence-corrected chi connectivity index (χ1v) is 10.8. The molecule has 0 radical (unpaired) electrons. The summed E-state index contributed by atoms with van der Waals surface area (Å²) in [6.45, 7) is 6.45. The lowest BCUT2D eigenvalue weighted by molar-refractivity contribution is -0.116. The Morgan fingerprint density at radius 1 is 1.03 bits per heavy atom. The molecular formula is C22H24FN5O2S. The third kappa shape index (κ3) is 5.91. The van der Waals surface area contributed by atoms with Crippen LogP contribution < -0.4 is 10.6 Å². The van der Waals surface area contributed by atoms with E-state index < -0.39 is 11.7 Å². The second kappa shape index (κ2) is 10.2. The Morgan fingerprint density at radius 3 is 2.52 bits per heavy atom. The molecule has 0 aliphatic carbocycles. The molecule has 0 atom stereocenters. The number of amides is 2. The summed E-state index contributed by atoms with van der Waals surface area (Å²) in [5.74, 6) is -0.437. The van der Waals surface area contributed by atoms with Crippen molar-refractivity contribution >= 4 is 35.0 Å². The number of anilines is 2. The quantitative estimate of drug-likeness (QED) is 0.517. The number of aryl methyl sites for hydroxylation is 2. The van der Waals surface area contributed by atoms with Gasteiger partial charge in [0.1, 0.15) is 11.6 Å². The van der Waals surface area contributed by atoms with Gasteiger partial charge in [0.15, 0.2) is 5.16 Å². The van der Waals surface area contributed by atoms with Gasteiger partial charge < -0.3 is 15.2 Å². The molecule has 2 amide bonds. The van der Waals surface area contributed by atoms with E-state index in [1.165, 1.54) is 23.9 Å².